The Bertz CT molecular complexity index is 718. The Kier molecular flexibility index (Phi) is 5.68. The minimum Gasteiger partial charge on any atom is -0.496 e. The summed E-state index contributed by atoms with van der Waals surface area (Å²) in [6.45, 7) is 3.28. The highest BCUT2D eigenvalue weighted by molar-refractivity contribution is 5.80. The molecule has 2 unspecified atom stereocenters. The van der Waals surface area contributed by atoms with E-state index in [0.717, 1.165) is 23.3 Å². The zero-order chi connectivity index (χ0) is 17.6. The van der Waals surface area contributed by atoms with E-state index in [1.54, 1.807) is 7.11 Å². The van der Waals surface area contributed by atoms with Gasteiger partial charge >= 0.3 is 0 Å². The summed E-state index contributed by atoms with van der Waals surface area (Å²) in [6.07, 6.45) is 0.750. The van der Waals surface area contributed by atoms with Crippen LogP contribution >= 0.6 is 0 Å². The molecule has 0 aliphatic carbocycles. The van der Waals surface area contributed by atoms with Crippen LogP contribution in [0.15, 0.2) is 48.5 Å². The van der Waals surface area contributed by atoms with E-state index in [2.05, 4.69) is 29.2 Å². The van der Waals surface area contributed by atoms with Crippen molar-refractivity contribution in [3.05, 3.63) is 65.2 Å². The summed E-state index contributed by atoms with van der Waals surface area (Å²) in [4.78, 5) is 12.6. The number of aryl methyl sites for hydroxylation is 1. The molecule has 1 fully saturated rings. The van der Waals surface area contributed by atoms with Crippen molar-refractivity contribution >= 4 is 5.91 Å². The molecule has 1 aliphatic rings. The summed E-state index contributed by atoms with van der Waals surface area (Å²) in [5.41, 5.74) is 9.74. The predicted octanol–water partition coefficient (Wildman–Crippen LogP) is 2.13. The van der Waals surface area contributed by atoms with E-state index < -0.39 is 0 Å². The van der Waals surface area contributed by atoms with Crippen molar-refractivity contribution in [1.29, 1.82) is 0 Å². The van der Waals surface area contributed by atoms with Gasteiger partial charge in [0, 0.05) is 13.1 Å². The number of ether oxygens (including phenoxy) is 1. The molecular weight excluding hydrogens is 314 g/mol. The summed E-state index contributed by atoms with van der Waals surface area (Å²) < 4.78 is 5.40. The minimum absolute atomic E-state index is 0.00490. The van der Waals surface area contributed by atoms with E-state index in [0.29, 0.717) is 13.1 Å². The average Bonchev–Trinajstić information content (AvgIpc) is 3.12. The molecule has 0 saturated carbocycles. The molecular formula is C20H25N3O2. The molecule has 2 atom stereocenters. The van der Waals surface area contributed by atoms with Gasteiger partial charge in [-0.15, -0.1) is 0 Å². The molecule has 5 heteroatoms. The van der Waals surface area contributed by atoms with E-state index in [9.17, 15) is 4.79 Å². The maximum absolute atomic E-state index is 12.6. The van der Waals surface area contributed by atoms with Crippen LogP contribution in [0.5, 0.6) is 5.75 Å². The van der Waals surface area contributed by atoms with Crippen molar-refractivity contribution in [3.63, 3.8) is 0 Å². The number of nitrogens with one attached hydrogen (secondary N) is 3. The van der Waals surface area contributed by atoms with Gasteiger partial charge in [0.1, 0.15) is 5.75 Å². The van der Waals surface area contributed by atoms with E-state index >= 15 is 0 Å². The number of carbonyl (C=O) groups is 1. The van der Waals surface area contributed by atoms with Crippen molar-refractivity contribution in [2.24, 2.45) is 5.92 Å². The number of rotatable bonds is 6. The second-order valence-electron chi connectivity index (χ2n) is 6.38. The van der Waals surface area contributed by atoms with Gasteiger partial charge in [0.25, 0.3) is 0 Å². The van der Waals surface area contributed by atoms with Crippen LogP contribution in [0.25, 0.3) is 0 Å². The quantitative estimate of drug-likeness (QED) is 0.754. The highest BCUT2D eigenvalue weighted by Gasteiger charge is 2.33. The first-order valence-corrected chi connectivity index (χ1v) is 8.63. The van der Waals surface area contributed by atoms with Crippen molar-refractivity contribution in [3.8, 4) is 5.75 Å². The molecule has 1 amide bonds. The molecule has 25 heavy (non-hydrogen) atoms. The average molecular weight is 339 g/mol. The van der Waals surface area contributed by atoms with Crippen LogP contribution in [0.3, 0.4) is 0 Å². The summed E-state index contributed by atoms with van der Waals surface area (Å²) in [5, 5.41) is 3.07. The largest absolute Gasteiger partial charge is 0.496 e. The van der Waals surface area contributed by atoms with Gasteiger partial charge in [-0.3, -0.25) is 10.2 Å². The number of hydrogen-bond donors (Lipinski definition) is 3. The Labute approximate surface area is 148 Å². The third kappa shape index (κ3) is 4.18. The number of methoxy groups -OCH3 is 1. The fraction of sp³-hybridized carbons (Fsp3) is 0.350. The van der Waals surface area contributed by atoms with Gasteiger partial charge in [0.2, 0.25) is 5.91 Å². The molecule has 2 aromatic carbocycles. The molecule has 3 rings (SSSR count). The fourth-order valence-corrected chi connectivity index (χ4v) is 3.27. The van der Waals surface area contributed by atoms with Gasteiger partial charge in [-0.25, -0.2) is 5.43 Å². The van der Waals surface area contributed by atoms with Crippen LogP contribution in [0.1, 0.15) is 22.7 Å². The van der Waals surface area contributed by atoms with Gasteiger partial charge in [-0.05, 0) is 30.5 Å². The first-order valence-electron chi connectivity index (χ1n) is 8.63. The van der Waals surface area contributed by atoms with Crippen LogP contribution in [0.4, 0.5) is 0 Å². The first-order chi connectivity index (χ1) is 12.2. The maximum atomic E-state index is 12.6. The van der Waals surface area contributed by atoms with E-state index in [4.69, 9.17) is 4.74 Å². The third-order valence-corrected chi connectivity index (χ3v) is 4.61. The Balaban J connectivity index is 1.58. The summed E-state index contributed by atoms with van der Waals surface area (Å²) in [6, 6.07) is 16.2. The summed E-state index contributed by atoms with van der Waals surface area (Å²) in [5.74, 6) is 0.811. The normalized spacial score (nSPS) is 19.6. The SMILES string of the molecule is COc1ccc(C)cc1CCNC(=O)C1CNNC1c1ccccc1. The van der Waals surface area contributed by atoms with Gasteiger partial charge in [0.15, 0.2) is 0 Å². The number of benzene rings is 2. The van der Waals surface area contributed by atoms with Crippen molar-refractivity contribution in [1.82, 2.24) is 16.2 Å². The van der Waals surface area contributed by atoms with Crippen LogP contribution in [-0.4, -0.2) is 26.1 Å². The molecule has 132 valence electrons. The Morgan fingerprint density at radius 2 is 2.04 bits per heavy atom. The van der Waals surface area contributed by atoms with E-state index in [1.165, 1.54) is 5.56 Å². The first kappa shape index (κ1) is 17.5. The number of hydrazine groups is 1. The number of hydrogen-bond acceptors (Lipinski definition) is 4. The van der Waals surface area contributed by atoms with Crippen molar-refractivity contribution < 1.29 is 9.53 Å². The highest BCUT2D eigenvalue weighted by atomic mass is 16.5. The molecule has 5 nitrogen and oxygen atoms in total. The van der Waals surface area contributed by atoms with Crippen LogP contribution in [0.2, 0.25) is 0 Å². The zero-order valence-electron chi connectivity index (χ0n) is 14.7. The lowest BCUT2D eigenvalue weighted by Gasteiger charge is -2.18. The monoisotopic (exact) mass is 339 g/mol. The second kappa shape index (κ2) is 8.14. The molecule has 0 aromatic heterocycles. The Morgan fingerprint density at radius 1 is 1.24 bits per heavy atom. The molecule has 1 aliphatic heterocycles. The zero-order valence-corrected chi connectivity index (χ0v) is 14.7. The molecule has 1 heterocycles. The van der Waals surface area contributed by atoms with Gasteiger partial charge in [-0.2, -0.15) is 0 Å². The fourth-order valence-electron chi connectivity index (χ4n) is 3.27. The molecule has 0 spiro atoms. The topological polar surface area (TPSA) is 62.4 Å². The van der Waals surface area contributed by atoms with Crippen LogP contribution < -0.4 is 20.9 Å². The lowest BCUT2D eigenvalue weighted by molar-refractivity contribution is -0.124. The molecule has 1 saturated heterocycles. The van der Waals surface area contributed by atoms with E-state index in [-0.39, 0.29) is 17.9 Å². The Hall–Kier alpha value is -2.37. The van der Waals surface area contributed by atoms with Crippen molar-refractivity contribution in [2.75, 3.05) is 20.2 Å². The smallest absolute Gasteiger partial charge is 0.226 e. The van der Waals surface area contributed by atoms with E-state index in [1.807, 2.05) is 42.5 Å². The Morgan fingerprint density at radius 3 is 2.80 bits per heavy atom. The summed E-state index contributed by atoms with van der Waals surface area (Å²) in [7, 11) is 1.67. The van der Waals surface area contributed by atoms with Crippen LogP contribution in [-0.2, 0) is 11.2 Å². The standard InChI is InChI=1S/C20H25N3O2/c1-14-8-9-18(25-2)16(12-14)10-11-21-20(24)17-13-22-23-19(17)15-6-4-3-5-7-15/h3-9,12,17,19,22-23H,10-11,13H2,1-2H3,(H,21,24). The molecule has 0 radical (unpaired) electrons. The number of amides is 1. The lowest BCUT2D eigenvalue weighted by atomic mass is 9.94. The molecule has 0 bridgehead atoms. The number of carbonyl (C=O) groups excluding carboxylic acids is 1. The predicted molar refractivity (Wildman–Crippen MR) is 98.3 cm³/mol. The third-order valence-electron chi connectivity index (χ3n) is 4.61. The highest BCUT2D eigenvalue weighted by Crippen LogP contribution is 2.25. The lowest BCUT2D eigenvalue weighted by Crippen LogP contribution is -2.36. The van der Waals surface area contributed by atoms with Crippen LogP contribution in [0, 0.1) is 12.8 Å². The van der Waals surface area contributed by atoms with Gasteiger partial charge in [0.05, 0.1) is 19.1 Å². The summed E-state index contributed by atoms with van der Waals surface area (Å²) >= 11 is 0. The maximum Gasteiger partial charge on any atom is 0.226 e. The van der Waals surface area contributed by atoms with Crippen molar-refractivity contribution in [2.45, 2.75) is 19.4 Å². The molecule has 3 N–H and O–H groups in total. The molecule has 2 aromatic rings. The van der Waals surface area contributed by atoms with Gasteiger partial charge < -0.3 is 10.1 Å². The minimum atomic E-state index is -0.123. The van der Waals surface area contributed by atoms with Gasteiger partial charge in [-0.1, -0.05) is 48.0 Å². The second-order valence-corrected chi connectivity index (χ2v) is 6.38.